The van der Waals surface area contributed by atoms with Gasteiger partial charge in [0.15, 0.2) is 0 Å². The number of nitrogens with two attached hydrogens (primary N) is 1. The van der Waals surface area contributed by atoms with Crippen LogP contribution in [-0.2, 0) is 6.54 Å². The van der Waals surface area contributed by atoms with Gasteiger partial charge in [-0.2, -0.15) is 0 Å². The summed E-state index contributed by atoms with van der Waals surface area (Å²) in [7, 11) is 0. The molecule has 2 N–H and O–H groups in total. The lowest BCUT2D eigenvalue weighted by Gasteiger charge is -2.08. The Labute approximate surface area is 105 Å². The highest BCUT2D eigenvalue weighted by molar-refractivity contribution is 5.78. The minimum atomic E-state index is 0.541. The average molecular weight is 238 g/mol. The van der Waals surface area contributed by atoms with Gasteiger partial charge in [-0.25, -0.2) is 4.98 Å². The van der Waals surface area contributed by atoms with Crippen molar-refractivity contribution in [1.82, 2.24) is 14.5 Å². The number of pyridine rings is 1. The summed E-state index contributed by atoms with van der Waals surface area (Å²) in [5, 5.41) is 0. The van der Waals surface area contributed by atoms with E-state index >= 15 is 0 Å². The van der Waals surface area contributed by atoms with E-state index in [1.54, 1.807) is 6.20 Å². The Morgan fingerprint density at radius 3 is 2.89 bits per heavy atom. The minimum Gasteiger partial charge on any atom is -0.369 e. The quantitative estimate of drug-likeness (QED) is 0.745. The van der Waals surface area contributed by atoms with Gasteiger partial charge in [0.1, 0.15) is 0 Å². The molecule has 18 heavy (non-hydrogen) atoms. The van der Waals surface area contributed by atoms with Crippen molar-refractivity contribution in [3.8, 4) is 0 Å². The molecule has 2 heterocycles. The van der Waals surface area contributed by atoms with Gasteiger partial charge in [-0.3, -0.25) is 4.98 Å². The van der Waals surface area contributed by atoms with Gasteiger partial charge < -0.3 is 10.3 Å². The van der Waals surface area contributed by atoms with Crippen molar-refractivity contribution in [3.63, 3.8) is 0 Å². The maximum Gasteiger partial charge on any atom is 0.201 e. The van der Waals surface area contributed by atoms with Crippen LogP contribution in [0.3, 0.4) is 0 Å². The smallest absolute Gasteiger partial charge is 0.201 e. The van der Waals surface area contributed by atoms with E-state index in [-0.39, 0.29) is 0 Å². The van der Waals surface area contributed by atoms with Crippen LogP contribution in [0, 0.1) is 6.92 Å². The predicted octanol–water partition coefficient (Wildman–Crippen LogP) is 2.37. The van der Waals surface area contributed by atoms with Crippen LogP contribution in [-0.4, -0.2) is 14.5 Å². The number of nitrogens with zero attached hydrogens (tertiary/aromatic N) is 3. The molecule has 90 valence electrons. The SMILES string of the molecule is Cc1ccncc1Cn1c(N)nc2ccccc21. The second kappa shape index (κ2) is 4.14. The zero-order valence-corrected chi connectivity index (χ0v) is 10.2. The van der Waals surface area contributed by atoms with E-state index in [1.807, 2.05) is 41.1 Å². The average Bonchev–Trinajstić information content (AvgIpc) is 2.69. The van der Waals surface area contributed by atoms with Crippen LogP contribution in [0.1, 0.15) is 11.1 Å². The fourth-order valence-electron chi connectivity index (χ4n) is 2.09. The molecule has 0 aliphatic rings. The second-order valence-corrected chi connectivity index (χ2v) is 4.35. The van der Waals surface area contributed by atoms with Gasteiger partial charge in [-0.1, -0.05) is 12.1 Å². The molecule has 0 aliphatic carbocycles. The number of rotatable bonds is 2. The van der Waals surface area contributed by atoms with Crippen molar-refractivity contribution >= 4 is 17.0 Å². The van der Waals surface area contributed by atoms with Crippen molar-refractivity contribution in [2.75, 3.05) is 5.73 Å². The molecule has 4 heteroatoms. The number of hydrogen-bond donors (Lipinski definition) is 1. The molecule has 0 saturated carbocycles. The van der Waals surface area contributed by atoms with Crippen molar-refractivity contribution in [2.45, 2.75) is 13.5 Å². The number of fused-ring (bicyclic) bond motifs is 1. The lowest BCUT2D eigenvalue weighted by molar-refractivity contribution is 0.826. The first-order valence-electron chi connectivity index (χ1n) is 5.86. The first-order valence-corrected chi connectivity index (χ1v) is 5.86. The summed E-state index contributed by atoms with van der Waals surface area (Å²) in [6.07, 6.45) is 3.68. The van der Waals surface area contributed by atoms with E-state index in [1.165, 1.54) is 5.56 Å². The van der Waals surface area contributed by atoms with Crippen molar-refractivity contribution in [2.24, 2.45) is 0 Å². The number of anilines is 1. The Bertz CT molecular complexity index is 700. The molecule has 0 unspecified atom stereocenters. The molecule has 3 aromatic rings. The normalized spacial score (nSPS) is 10.9. The van der Waals surface area contributed by atoms with Crippen LogP contribution in [0.15, 0.2) is 42.7 Å². The van der Waals surface area contributed by atoms with E-state index in [0.717, 1.165) is 16.6 Å². The monoisotopic (exact) mass is 238 g/mol. The maximum absolute atomic E-state index is 5.98. The summed E-state index contributed by atoms with van der Waals surface area (Å²) in [6.45, 7) is 2.78. The second-order valence-electron chi connectivity index (χ2n) is 4.35. The molecule has 0 radical (unpaired) electrons. The van der Waals surface area contributed by atoms with E-state index < -0.39 is 0 Å². The van der Waals surface area contributed by atoms with Crippen LogP contribution in [0.25, 0.3) is 11.0 Å². The predicted molar refractivity (Wildman–Crippen MR) is 72.2 cm³/mol. The molecule has 0 fully saturated rings. The molecule has 0 bridgehead atoms. The third kappa shape index (κ3) is 1.72. The van der Waals surface area contributed by atoms with Gasteiger partial charge in [0, 0.05) is 12.4 Å². The zero-order valence-electron chi connectivity index (χ0n) is 10.2. The standard InChI is InChI=1S/C14H14N4/c1-10-6-7-16-8-11(10)9-18-13-5-3-2-4-12(13)17-14(18)15/h2-8H,9H2,1H3,(H2,15,17). The van der Waals surface area contributed by atoms with Crippen LogP contribution in [0.4, 0.5) is 5.95 Å². The Morgan fingerprint density at radius 1 is 1.22 bits per heavy atom. The van der Waals surface area contributed by atoms with E-state index in [9.17, 15) is 0 Å². The summed E-state index contributed by atoms with van der Waals surface area (Å²) >= 11 is 0. The Balaban J connectivity index is 2.10. The third-order valence-corrected chi connectivity index (χ3v) is 3.16. The summed E-state index contributed by atoms with van der Waals surface area (Å²) < 4.78 is 2.01. The summed E-state index contributed by atoms with van der Waals surface area (Å²) in [6, 6.07) is 9.97. The highest BCUT2D eigenvalue weighted by Crippen LogP contribution is 2.19. The topological polar surface area (TPSA) is 56.7 Å². The van der Waals surface area contributed by atoms with Crippen LogP contribution in [0.2, 0.25) is 0 Å². The largest absolute Gasteiger partial charge is 0.369 e. The maximum atomic E-state index is 5.98. The lowest BCUT2D eigenvalue weighted by atomic mass is 10.1. The molecular weight excluding hydrogens is 224 g/mol. The molecule has 4 nitrogen and oxygen atoms in total. The van der Waals surface area contributed by atoms with Gasteiger partial charge >= 0.3 is 0 Å². The van der Waals surface area contributed by atoms with Gasteiger partial charge in [0.05, 0.1) is 17.6 Å². The fraction of sp³-hybridized carbons (Fsp3) is 0.143. The Morgan fingerprint density at radius 2 is 2.06 bits per heavy atom. The van der Waals surface area contributed by atoms with E-state index in [2.05, 4.69) is 16.9 Å². The number of hydrogen-bond acceptors (Lipinski definition) is 3. The van der Waals surface area contributed by atoms with Gasteiger partial charge in [0.2, 0.25) is 5.95 Å². The number of imidazole rings is 1. The highest BCUT2D eigenvalue weighted by atomic mass is 15.1. The number of benzene rings is 1. The molecule has 0 spiro atoms. The van der Waals surface area contributed by atoms with Crippen LogP contribution in [0.5, 0.6) is 0 Å². The van der Waals surface area contributed by atoms with Crippen molar-refractivity contribution in [1.29, 1.82) is 0 Å². The van der Waals surface area contributed by atoms with Crippen molar-refractivity contribution in [3.05, 3.63) is 53.9 Å². The molecule has 3 rings (SSSR count). The lowest BCUT2D eigenvalue weighted by Crippen LogP contribution is -2.06. The molecule has 1 aromatic carbocycles. The van der Waals surface area contributed by atoms with Crippen LogP contribution >= 0.6 is 0 Å². The van der Waals surface area contributed by atoms with Crippen LogP contribution < -0.4 is 5.73 Å². The third-order valence-electron chi connectivity index (χ3n) is 3.16. The fourth-order valence-corrected chi connectivity index (χ4v) is 2.09. The Kier molecular flexibility index (Phi) is 2.48. The molecule has 2 aromatic heterocycles. The highest BCUT2D eigenvalue weighted by Gasteiger charge is 2.08. The molecule has 0 aliphatic heterocycles. The first kappa shape index (κ1) is 10.8. The van der Waals surface area contributed by atoms with Gasteiger partial charge in [-0.05, 0) is 36.2 Å². The molecule has 0 atom stereocenters. The Hall–Kier alpha value is -2.36. The molecule has 0 saturated heterocycles. The van der Waals surface area contributed by atoms with E-state index in [0.29, 0.717) is 12.5 Å². The summed E-state index contributed by atoms with van der Waals surface area (Å²) in [4.78, 5) is 8.52. The van der Waals surface area contributed by atoms with Gasteiger partial charge in [-0.15, -0.1) is 0 Å². The number of aromatic nitrogens is 3. The molecular formula is C14H14N4. The number of para-hydroxylation sites is 2. The number of aryl methyl sites for hydroxylation is 1. The molecule has 0 amide bonds. The van der Waals surface area contributed by atoms with E-state index in [4.69, 9.17) is 5.73 Å². The zero-order chi connectivity index (χ0) is 12.5. The summed E-state index contributed by atoms with van der Waals surface area (Å²) in [5.41, 5.74) is 10.3. The minimum absolute atomic E-state index is 0.541. The summed E-state index contributed by atoms with van der Waals surface area (Å²) in [5.74, 6) is 0.541. The van der Waals surface area contributed by atoms with Gasteiger partial charge in [0.25, 0.3) is 0 Å². The first-order chi connectivity index (χ1) is 8.75. The van der Waals surface area contributed by atoms with Crippen molar-refractivity contribution < 1.29 is 0 Å². The number of nitrogen functional groups attached to an aromatic ring is 1.